The van der Waals surface area contributed by atoms with Crippen LogP contribution < -0.4 is 5.32 Å². The zero-order chi connectivity index (χ0) is 15.5. The van der Waals surface area contributed by atoms with E-state index in [1.807, 2.05) is 34.6 Å². The number of carbonyl (C=O) groups excluding carboxylic acids is 1. The molecular formula is C16H33NO2. The molecule has 0 radical (unpaired) electrons. The summed E-state index contributed by atoms with van der Waals surface area (Å²) in [6, 6.07) is 0. The summed E-state index contributed by atoms with van der Waals surface area (Å²) >= 11 is 0. The molecule has 0 aromatic rings. The first-order valence-corrected chi connectivity index (χ1v) is 7.07. The highest BCUT2D eigenvalue weighted by molar-refractivity contribution is 5.96. The second kappa shape index (κ2) is 21.9. The van der Waals surface area contributed by atoms with E-state index in [4.69, 9.17) is 4.74 Å². The van der Waals surface area contributed by atoms with Crippen LogP contribution in [0.4, 0.5) is 0 Å². The van der Waals surface area contributed by atoms with Crippen LogP contribution in [0.2, 0.25) is 0 Å². The number of ether oxygens (including phenoxy) is 1. The summed E-state index contributed by atoms with van der Waals surface area (Å²) in [7, 11) is 0. The molecule has 0 atom stereocenters. The van der Waals surface area contributed by atoms with Crippen molar-refractivity contribution in [3.63, 3.8) is 0 Å². The van der Waals surface area contributed by atoms with E-state index in [-0.39, 0.29) is 7.33 Å². The predicted molar refractivity (Wildman–Crippen MR) is 87.4 cm³/mol. The van der Waals surface area contributed by atoms with Crippen molar-refractivity contribution in [3.8, 4) is 0 Å². The lowest BCUT2D eigenvalue weighted by Gasteiger charge is -2.05. The molecule has 0 spiro atoms. The van der Waals surface area contributed by atoms with Gasteiger partial charge in [-0.2, -0.15) is 0 Å². The Labute approximate surface area is 120 Å². The van der Waals surface area contributed by atoms with Gasteiger partial charge in [-0.3, -0.25) is 4.79 Å². The van der Waals surface area contributed by atoms with Crippen LogP contribution in [-0.2, 0) is 9.53 Å². The van der Waals surface area contributed by atoms with E-state index in [2.05, 4.69) is 18.5 Å². The summed E-state index contributed by atoms with van der Waals surface area (Å²) in [5.74, 6) is -0.148. The number of allylic oxidation sites excluding steroid dienone is 2. The molecule has 0 aliphatic heterocycles. The van der Waals surface area contributed by atoms with Crippen LogP contribution in [-0.4, -0.2) is 25.7 Å². The molecule has 0 saturated carbocycles. The third kappa shape index (κ3) is 16.6. The van der Waals surface area contributed by atoms with Gasteiger partial charge in [0.2, 0.25) is 0 Å². The SMILES string of the molecule is C=C/C=C(\C=C)C(=O)NCCOCCC.CC.CC.[HH]. The molecule has 0 rings (SSSR count). The average molecular weight is 271 g/mol. The standard InChI is InChI=1S/C12H19NO2.2C2H6.H2/c1-4-7-11(6-3)12(14)13-8-10-15-9-5-2;2*1-2;/h4,6-7H,1,3,5,8-10H2,2H3,(H,13,14);2*1-2H3;1H/b11-7+;;;. The van der Waals surface area contributed by atoms with Gasteiger partial charge in [0, 0.05) is 20.2 Å². The van der Waals surface area contributed by atoms with Crippen LogP contribution in [0.1, 0.15) is 42.5 Å². The Morgan fingerprint density at radius 1 is 1.21 bits per heavy atom. The van der Waals surface area contributed by atoms with E-state index in [0.717, 1.165) is 13.0 Å². The van der Waals surface area contributed by atoms with Gasteiger partial charge in [0.25, 0.3) is 5.91 Å². The molecule has 3 nitrogen and oxygen atoms in total. The number of hydrogen-bond donors (Lipinski definition) is 1. The lowest BCUT2D eigenvalue weighted by Crippen LogP contribution is -2.28. The minimum Gasteiger partial charge on any atom is -0.380 e. The maximum absolute atomic E-state index is 11.4. The fourth-order valence-corrected chi connectivity index (χ4v) is 0.949. The van der Waals surface area contributed by atoms with Gasteiger partial charge in [0.15, 0.2) is 0 Å². The van der Waals surface area contributed by atoms with Crippen molar-refractivity contribution < 1.29 is 11.0 Å². The minimum absolute atomic E-state index is 0. The lowest BCUT2D eigenvalue weighted by atomic mass is 10.2. The number of nitrogens with one attached hydrogen (secondary N) is 1. The van der Waals surface area contributed by atoms with Gasteiger partial charge >= 0.3 is 0 Å². The molecule has 0 fully saturated rings. The van der Waals surface area contributed by atoms with E-state index >= 15 is 0 Å². The van der Waals surface area contributed by atoms with Crippen LogP contribution in [0.25, 0.3) is 0 Å². The van der Waals surface area contributed by atoms with Crippen molar-refractivity contribution in [1.82, 2.24) is 5.32 Å². The third-order valence-corrected chi connectivity index (χ3v) is 1.66. The molecule has 0 aliphatic carbocycles. The summed E-state index contributed by atoms with van der Waals surface area (Å²) in [5.41, 5.74) is 0.514. The lowest BCUT2D eigenvalue weighted by molar-refractivity contribution is -0.117. The maximum atomic E-state index is 11.4. The van der Waals surface area contributed by atoms with E-state index in [9.17, 15) is 4.79 Å². The van der Waals surface area contributed by atoms with Gasteiger partial charge < -0.3 is 10.1 Å². The summed E-state index contributed by atoms with van der Waals surface area (Å²) in [6.45, 7) is 18.9. The molecule has 0 saturated heterocycles. The van der Waals surface area contributed by atoms with Crippen molar-refractivity contribution in [2.75, 3.05) is 19.8 Å². The van der Waals surface area contributed by atoms with Crippen molar-refractivity contribution >= 4 is 5.91 Å². The Bertz CT molecular complexity index is 251. The fraction of sp³-hybridized carbons (Fsp3) is 0.562. The van der Waals surface area contributed by atoms with Crippen molar-refractivity contribution in [1.29, 1.82) is 0 Å². The smallest absolute Gasteiger partial charge is 0.251 e. The van der Waals surface area contributed by atoms with E-state index in [1.54, 1.807) is 12.2 Å². The zero-order valence-corrected chi connectivity index (χ0v) is 13.3. The van der Waals surface area contributed by atoms with Gasteiger partial charge in [-0.15, -0.1) is 0 Å². The highest BCUT2D eigenvalue weighted by Gasteiger charge is 2.02. The Hall–Kier alpha value is -1.35. The first-order valence-electron chi connectivity index (χ1n) is 7.07. The van der Waals surface area contributed by atoms with Gasteiger partial charge in [0.05, 0.1) is 6.61 Å². The summed E-state index contributed by atoms with van der Waals surface area (Å²) < 4.78 is 5.23. The molecule has 1 N–H and O–H groups in total. The predicted octanol–water partition coefficient (Wildman–Crippen LogP) is 4.13. The maximum Gasteiger partial charge on any atom is 0.251 e. The molecule has 0 aromatic carbocycles. The van der Waals surface area contributed by atoms with Gasteiger partial charge in [0.1, 0.15) is 0 Å². The number of hydrogen-bond acceptors (Lipinski definition) is 2. The van der Waals surface area contributed by atoms with Crippen molar-refractivity contribution in [2.24, 2.45) is 0 Å². The quantitative estimate of drug-likeness (QED) is 0.409. The van der Waals surface area contributed by atoms with E-state index in [0.29, 0.717) is 18.7 Å². The molecule has 19 heavy (non-hydrogen) atoms. The second-order valence-corrected chi connectivity index (χ2v) is 2.93. The minimum atomic E-state index is -0.148. The van der Waals surface area contributed by atoms with Crippen LogP contribution in [0.3, 0.4) is 0 Å². The van der Waals surface area contributed by atoms with Crippen LogP contribution >= 0.6 is 0 Å². The second-order valence-electron chi connectivity index (χ2n) is 2.93. The Kier molecular flexibility index (Phi) is 26.3. The van der Waals surface area contributed by atoms with Gasteiger partial charge in [-0.05, 0) is 6.42 Å². The zero-order valence-electron chi connectivity index (χ0n) is 13.3. The fourth-order valence-electron chi connectivity index (χ4n) is 0.949. The monoisotopic (exact) mass is 271 g/mol. The Morgan fingerprint density at radius 3 is 2.21 bits per heavy atom. The first-order chi connectivity index (χ1) is 9.26. The molecule has 3 heteroatoms. The molecule has 0 bridgehead atoms. The van der Waals surface area contributed by atoms with Gasteiger partial charge in [-0.25, -0.2) is 0 Å². The molecule has 0 heterocycles. The summed E-state index contributed by atoms with van der Waals surface area (Å²) in [5, 5.41) is 2.73. The van der Waals surface area contributed by atoms with E-state index in [1.165, 1.54) is 6.08 Å². The molecule has 114 valence electrons. The van der Waals surface area contributed by atoms with E-state index < -0.39 is 0 Å². The van der Waals surface area contributed by atoms with Crippen LogP contribution in [0, 0.1) is 0 Å². The van der Waals surface area contributed by atoms with Crippen LogP contribution in [0.5, 0.6) is 0 Å². The van der Waals surface area contributed by atoms with Crippen molar-refractivity contribution in [2.45, 2.75) is 41.0 Å². The Balaban J connectivity index is -0.000000233. The topological polar surface area (TPSA) is 38.3 Å². The van der Waals surface area contributed by atoms with Gasteiger partial charge in [-0.1, -0.05) is 66.0 Å². The average Bonchev–Trinajstić information content (AvgIpc) is 2.48. The first kappa shape index (κ1) is 22.8. The summed E-state index contributed by atoms with van der Waals surface area (Å²) in [6.07, 6.45) is 5.67. The normalized spacial score (nSPS) is 9.21. The molecule has 0 aromatic heterocycles. The number of rotatable bonds is 8. The molecule has 0 aliphatic rings. The number of amides is 1. The molecule has 1 amide bonds. The Morgan fingerprint density at radius 2 is 1.79 bits per heavy atom. The molecule has 0 unspecified atom stereocenters. The number of carbonyl (C=O) groups is 1. The third-order valence-electron chi connectivity index (χ3n) is 1.66. The molecular weight excluding hydrogens is 238 g/mol. The highest BCUT2D eigenvalue weighted by atomic mass is 16.5. The largest absolute Gasteiger partial charge is 0.380 e. The van der Waals surface area contributed by atoms with Crippen molar-refractivity contribution in [3.05, 3.63) is 37.0 Å². The van der Waals surface area contributed by atoms with Crippen LogP contribution in [0.15, 0.2) is 37.0 Å². The summed E-state index contributed by atoms with van der Waals surface area (Å²) in [4.78, 5) is 11.4. The highest BCUT2D eigenvalue weighted by Crippen LogP contribution is 1.95.